The summed E-state index contributed by atoms with van der Waals surface area (Å²) in [6, 6.07) is 6.62. The van der Waals surface area contributed by atoms with Crippen LogP contribution in [0.4, 0.5) is 0 Å². The van der Waals surface area contributed by atoms with Gasteiger partial charge in [0, 0.05) is 35.8 Å². The van der Waals surface area contributed by atoms with Gasteiger partial charge in [0.1, 0.15) is 11.5 Å². The normalized spacial score (nSPS) is 17.3. The van der Waals surface area contributed by atoms with Crippen molar-refractivity contribution in [1.82, 2.24) is 4.90 Å². The van der Waals surface area contributed by atoms with E-state index in [9.17, 15) is 13.8 Å². The molecule has 0 aliphatic carbocycles. The molecule has 1 fully saturated rings. The summed E-state index contributed by atoms with van der Waals surface area (Å²) < 4.78 is 12.0. The lowest BCUT2D eigenvalue weighted by Crippen LogP contribution is -2.40. The van der Waals surface area contributed by atoms with E-state index in [-0.39, 0.29) is 17.4 Å². The third-order valence-electron chi connectivity index (χ3n) is 3.00. The summed E-state index contributed by atoms with van der Waals surface area (Å²) in [7, 11) is -1.37. The van der Waals surface area contributed by atoms with Crippen LogP contribution in [0.2, 0.25) is 5.02 Å². The molecule has 0 aromatic heterocycles. The summed E-state index contributed by atoms with van der Waals surface area (Å²) in [5, 5.41) is 0.571. The fourth-order valence-electron chi connectivity index (χ4n) is 1.88. The summed E-state index contributed by atoms with van der Waals surface area (Å²) in [6.07, 6.45) is 0.804. The van der Waals surface area contributed by atoms with Crippen LogP contribution in [-0.4, -0.2) is 39.6 Å². The number of hydrogen-bond acceptors (Lipinski definition) is 3. The zero-order valence-electron chi connectivity index (χ0n) is 10.3. The van der Waals surface area contributed by atoms with Crippen molar-refractivity contribution in [2.24, 2.45) is 0 Å². The van der Waals surface area contributed by atoms with Gasteiger partial charge in [-0.05, 0) is 24.3 Å². The van der Waals surface area contributed by atoms with Gasteiger partial charge in [0.2, 0.25) is 5.91 Å². The molecule has 1 amide bonds. The van der Waals surface area contributed by atoms with Gasteiger partial charge in [-0.25, -0.2) is 0 Å². The van der Waals surface area contributed by atoms with Crippen molar-refractivity contribution in [3.63, 3.8) is 0 Å². The predicted molar refractivity (Wildman–Crippen MR) is 73.5 cm³/mol. The van der Waals surface area contributed by atoms with Crippen LogP contribution in [0, 0.1) is 0 Å². The number of benzene rings is 1. The van der Waals surface area contributed by atoms with E-state index in [2.05, 4.69) is 0 Å². The monoisotopic (exact) mass is 299 g/mol. The third kappa shape index (κ3) is 3.88. The molecule has 1 aliphatic heterocycles. The number of hydrogen-bond donors (Lipinski definition) is 0. The lowest BCUT2D eigenvalue weighted by Gasteiger charge is -2.25. The van der Waals surface area contributed by atoms with E-state index in [4.69, 9.17) is 11.6 Å². The Hall–Kier alpha value is -1.20. The van der Waals surface area contributed by atoms with Gasteiger partial charge in [0.05, 0.1) is 10.8 Å². The molecule has 1 aliphatic rings. The Labute approximate surface area is 119 Å². The summed E-state index contributed by atoms with van der Waals surface area (Å²) in [5.74, 6) is -0.0285. The SMILES string of the molecule is O=C1CCN(C(=O)CS(=O)c2ccc(Cl)cc2)CC1. The first kappa shape index (κ1) is 14.2. The van der Waals surface area contributed by atoms with E-state index in [1.54, 1.807) is 29.2 Å². The van der Waals surface area contributed by atoms with Crippen LogP contribution in [-0.2, 0) is 20.4 Å². The highest BCUT2D eigenvalue weighted by atomic mass is 35.5. The number of carbonyl (C=O) groups excluding carboxylic acids is 2. The van der Waals surface area contributed by atoms with Crippen LogP contribution in [0.15, 0.2) is 29.2 Å². The van der Waals surface area contributed by atoms with Crippen molar-refractivity contribution >= 4 is 34.1 Å². The Morgan fingerprint density at radius 1 is 1.21 bits per heavy atom. The van der Waals surface area contributed by atoms with Crippen LogP contribution in [0.25, 0.3) is 0 Å². The number of carbonyl (C=O) groups is 2. The van der Waals surface area contributed by atoms with Crippen molar-refractivity contribution in [1.29, 1.82) is 0 Å². The minimum atomic E-state index is -1.37. The zero-order chi connectivity index (χ0) is 13.8. The summed E-state index contributed by atoms with van der Waals surface area (Å²) in [4.78, 5) is 25.2. The van der Waals surface area contributed by atoms with Crippen molar-refractivity contribution in [3.05, 3.63) is 29.3 Å². The largest absolute Gasteiger partial charge is 0.341 e. The molecule has 2 rings (SSSR count). The number of halogens is 1. The Morgan fingerprint density at radius 3 is 2.37 bits per heavy atom. The van der Waals surface area contributed by atoms with Crippen LogP contribution in [0.3, 0.4) is 0 Å². The average Bonchev–Trinajstić information content (AvgIpc) is 2.40. The average molecular weight is 300 g/mol. The Morgan fingerprint density at radius 2 is 1.79 bits per heavy atom. The van der Waals surface area contributed by atoms with Crippen molar-refractivity contribution in [2.75, 3.05) is 18.8 Å². The van der Waals surface area contributed by atoms with Crippen LogP contribution < -0.4 is 0 Å². The summed E-state index contributed by atoms with van der Waals surface area (Å²) >= 11 is 5.75. The number of Topliss-reactive ketones (excluding diaryl/α,β-unsaturated/α-hetero) is 1. The molecule has 0 N–H and O–H groups in total. The minimum absolute atomic E-state index is 0.0458. The van der Waals surface area contributed by atoms with E-state index < -0.39 is 10.8 Å². The molecular formula is C13H14ClNO3S. The molecule has 1 unspecified atom stereocenters. The fourth-order valence-corrected chi connectivity index (χ4v) is 3.02. The first-order valence-electron chi connectivity index (χ1n) is 5.99. The second-order valence-electron chi connectivity index (χ2n) is 4.36. The molecule has 102 valence electrons. The third-order valence-corrected chi connectivity index (χ3v) is 4.56. The predicted octanol–water partition coefficient (Wildman–Crippen LogP) is 1.64. The highest BCUT2D eigenvalue weighted by Gasteiger charge is 2.22. The van der Waals surface area contributed by atoms with Gasteiger partial charge in [-0.2, -0.15) is 0 Å². The fraction of sp³-hybridized carbons (Fsp3) is 0.385. The van der Waals surface area contributed by atoms with Crippen LogP contribution in [0.1, 0.15) is 12.8 Å². The topological polar surface area (TPSA) is 54.5 Å². The number of amides is 1. The number of piperidine rings is 1. The Balaban J connectivity index is 1.93. The molecule has 1 saturated heterocycles. The molecule has 0 radical (unpaired) electrons. The zero-order valence-corrected chi connectivity index (χ0v) is 11.9. The van der Waals surface area contributed by atoms with Gasteiger partial charge in [-0.3, -0.25) is 13.8 Å². The van der Waals surface area contributed by atoms with E-state index >= 15 is 0 Å². The maximum absolute atomic E-state index is 12.0. The molecular weight excluding hydrogens is 286 g/mol. The quantitative estimate of drug-likeness (QED) is 0.852. The van der Waals surface area contributed by atoms with Crippen LogP contribution >= 0.6 is 11.6 Å². The summed E-state index contributed by atoms with van der Waals surface area (Å²) in [6.45, 7) is 0.880. The number of nitrogens with zero attached hydrogens (tertiary/aromatic N) is 1. The number of rotatable bonds is 3. The molecule has 0 bridgehead atoms. The van der Waals surface area contributed by atoms with Crippen molar-refractivity contribution in [3.8, 4) is 0 Å². The smallest absolute Gasteiger partial charge is 0.235 e. The number of ketones is 1. The standard InChI is InChI=1S/C13H14ClNO3S/c14-10-1-3-12(4-2-10)19(18)9-13(17)15-7-5-11(16)6-8-15/h1-4H,5-9H2. The molecule has 6 heteroatoms. The van der Waals surface area contributed by atoms with Crippen molar-refractivity contribution < 1.29 is 13.8 Å². The lowest BCUT2D eigenvalue weighted by molar-refractivity contribution is -0.132. The van der Waals surface area contributed by atoms with Gasteiger partial charge >= 0.3 is 0 Å². The molecule has 1 atom stereocenters. The first-order chi connectivity index (χ1) is 9.06. The minimum Gasteiger partial charge on any atom is -0.341 e. The Bertz CT molecular complexity index is 505. The molecule has 0 saturated carbocycles. The Kier molecular flexibility index (Phi) is 4.71. The maximum Gasteiger partial charge on any atom is 0.235 e. The van der Waals surface area contributed by atoms with Crippen LogP contribution in [0.5, 0.6) is 0 Å². The first-order valence-corrected chi connectivity index (χ1v) is 7.69. The van der Waals surface area contributed by atoms with Gasteiger partial charge in [0.15, 0.2) is 0 Å². The second kappa shape index (κ2) is 6.30. The van der Waals surface area contributed by atoms with E-state index in [1.807, 2.05) is 0 Å². The van der Waals surface area contributed by atoms with E-state index in [0.717, 1.165) is 0 Å². The molecule has 1 aromatic carbocycles. The van der Waals surface area contributed by atoms with Gasteiger partial charge in [0.25, 0.3) is 0 Å². The molecule has 0 spiro atoms. The maximum atomic E-state index is 12.0. The molecule has 1 heterocycles. The lowest BCUT2D eigenvalue weighted by atomic mass is 10.1. The van der Waals surface area contributed by atoms with Gasteiger partial charge in [-0.15, -0.1) is 0 Å². The number of likely N-dealkylation sites (tertiary alicyclic amines) is 1. The highest BCUT2D eigenvalue weighted by Crippen LogP contribution is 2.14. The van der Waals surface area contributed by atoms with Gasteiger partial charge in [-0.1, -0.05) is 11.6 Å². The summed E-state index contributed by atoms with van der Waals surface area (Å²) in [5.41, 5.74) is 0. The van der Waals surface area contributed by atoms with Crippen molar-refractivity contribution in [2.45, 2.75) is 17.7 Å². The molecule has 19 heavy (non-hydrogen) atoms. The second-order valence-corrected chi connectivity index (χ2v) is 6.25. The highest BCUT2D eigenvalue weighted by molar-refractivity contribution is 7.85. The molecule has 1 aromatic rings. The molecule has 4 nitrogen and oxygen atoms in total. The van der Waals surface area contributed by atoms with Gasteiger partial charge < -0.3 is 4.90 Å². The van der Waals surface area contributed by atoms with E-state index in [0.29, 0.717) is 35.8 Å². The van der Waals surface area contributed by atoms with E-state index in [1.165, 1.54) is 0 Å².